The maximum absolute atomic E-state index is 6.36. The minimum Gasteiger partial charge on any atom is -0.319 e. The second-order valence-electron chi connectivity index (χ2n) is 4.58. The van der Waals surface area contributed by atoms with E-state index in [1.165, 1.54) is 0 Å². The summed E-state index contributed by atoms with van der Waals surface area (Å²) in [6.07, 6.45) is 2.62. The van der Waals surface area contributed by atoms with Crippen LogP contribution >= 0.6 is 23.2 Å². The van der Waals surface area contributed by atoms with Gasteiger partial charge in [0, 0.05) is 11.6 Å². The molecule has 0 saturated carbocycles. The van der Waals surface area contributed by atoms with Crippen LogP contribution in [0.15, 0.2) is 24.4 Å². The summed E-state index contributed by atoms with van der Waals surface area (Å²) >= 11 is 12.3. The van der Waals surface area contributed by atoms with Gasteiger partial charge in [-0.1, -0.05) is 36.2 Å². The maximum Gasteiger partial charge on any atom is 0.0837 e. The fourth-order valence-electron chi connectivity index (χ4n) is 2.16. The third kappa shape index (κ3) is 2.94. The Morgan fingerprint density at radius 3 is 2.79 bits per heavy atom. The predicted octanol–water partition coefficient (Wildman–Crippen LogP) is 3.96. The first-order chi connectivity index (χ1) is 9.04. The Balaban J connectivity index is 2.46. The zero-order chi connectivity index (χ0) is 14.0. The summed E-state index contributed by atoms with van der Waals surface area (Å²) in [5.74, 6) is 0. The number of nitrogens with zero attached hydrogens (tertiary/aromatic N) is 2. The topological polar surface area (TPSA) is 43.8 Å². The van der Waals surface area contributed by atoms with Crippen LogP contribution in [-0.4, -0.2) is 9.78 Å². The van der Waals surface area contributed by atoms with Crippen molar-refractivity contribution in [1.82, 2.24) is 9.78 Å². The first kappa shape index (κ1) is 14.4. The van der Waals surface area contributed by atoms with Crippen LogP contribution in [0.5, 0.6) is 0 Å². The van der Waals surface area contributed by atoms with Gasteiger partial charge in [-0.05, 0) is 36.6 Å². The van der Waals surface area contributed by atoms with E-state index in [1.54, 1.807) is 6.20 Å². The highest BCUT2D eigenvalue weighted by molar-refractivity contribution is 6.31. The van der Waals surface area contributed by atoms with Crippen molar-refractivity contribution in [2.45, 2.75) is 32.9 Å². The lowest BCUT2D eigenvalue weighted by Crippen LogP contribution is -2.19. The van der Waals surface area contributed by atoms with E-state index < -0.39 is 0 Å². The van der Waals surface area contributed by atoms with E-state index in [9.17, 15) is 0 Å². The van der Waals surface area contributed by atoms with E-state index in [0.717, 1.165) is 29.8 Å². The second-order valence-corrected chi connectivity index (χ2v) is 5.42. The fraction of sp³-hybridized carbons (Fsp3) is 0.357. The number of aryl methyl sites for hydroxylation is 2. The van der Waals surface area contributed by atoms with Crippen LogP contribution in [0.25, 0.3) is 0 Å². The zero-order valence-electron chi connectivity index (χ0n) is 11.0. The molecule has 0 spiro atoms. The van der Waals surface area contributed by atoms with E-state index >= 15 is 0 Å². The molecule has 1 aromatic carbocycles. The molecule has 5 heteroatoms. The number of hydrogen-bond donors (Lipinski definition) is 1. The lowest BCUT2D eigenvalue weighted by molar-refractivity contribution is 0.559. The Bertz CT molecular complexity index is 578. The van der Waals surface area contributed by atoms with Gasteiger partial charge < -0.3 is 5.73 Å². The molecule has 0 aliphatic rings. The Labute approximate surface area is 123 Å². The molecule has 0 saturated heterocycles. The molecule has 3 nitrogen and oxygen atoms in total. The molecule has 2 rings (SSSR count). The van der Waals surface area contributed by atoms with Gasteiger partial charge in [0.25, 0.3) is 0 Å². The summed E-state index contributed by atoms with van der Waals surface area (Å²) in [7, 11) is 0. The van der Waals surface area contributed by atoms with Crippen LogP contribution < -0.4 is 5.73 Å². The summed E-state index contributed by atoms with van der Waals surface area (Å²) in [6.45, 7) is 4.91. The lowest BCUT2D eigenvalue weighted by atomic mass is 9.99. The van der Waals surface area contributed by atoms with E-state index in [2.05, 4.69) is 12.0 Å². The molecule has 1 unspecified atom stereocenters. The molecule has 0 aliphatic heterocycles. The Kier molecular flexibility index (Phi) is 4.50. The summed E-state index contributed by atoms with van der Waals surface area (Å²) in [5.41, 5.74) is 9.27. The van der Waals surface area contributed by atoms with Crippen LogP contribution in [0.3, 0.4) is 0 Å². The average molecular weight is 298 g/mol. The highest BCUT2D eigenvalue weighted by atomic mass is 35.5. The molecule has 19 heavy (non-hydrogen) atoms. The Morgan fingerprint density at radius 1 is 1.37 bits per heavy atom. The molecule has 2 N–H and O–H groups in total. The molecule has 0 radical (unpaired) electrons. The third-order valence-corrected chi connectivity index (χ3v) is 3.67. The molecule has 0 fully saturated rings. The monoisotopic (exact) mass is 297 g/mol. The number of benzene rings is 1. The van der Waals surface area contributed by atoms with Crippen molar-refractivity contribution in [2.24, 2.45) is 5.73 Å². The third-order valence-electron chi connectivity index (χ3n) is 3.14. The molecule has 0 bridgehead atoms. The van der Waals surface area contributed by atoms with Crippen molar-refractivity contribution in [3.05, 3.63) is 51.3 Å². The normalized spacial score (nSPS) is 12.7. The van der Waals surface area contributed by atoms with Crippen molar-refractivity contribution in [3.63, 3.8) is 0 Å². The average Bonchev–Trinajstić information content (AvgIpc) is 2.73. The number of halogens is 2. The molecule has 102 valence electrons. The SMILES string of the molecule is CCCn1ncc(Cl)c1C(N)c1cc(Cl)ccc1C. The van der Waals surface area contributed by atoms with Crippen molar-refractivity contribution >= 4 is 23.2 Å². The molecule has 0 amide bonds. The van der Waals surface area contributed by atoms with Crippen LogP contribution in [0.2, 0.25) is 10.0 Å². The van der Waals surface area contributed by atoms with Gasteiger partial charge in [0.1, 0.15) is 0 Å². The Hall–Kier alpha value is -1.03. The minimum atomic E-state index is -0.319. The van der Waals surface area contributed by atoms with Crippen LogP contribution in [0.1, 0.15) is 36.2 Å². The molecule has 1 aromatic heterocycles. The molecule has 1 heterocycles. The predicted molar refractivity (Wildman–Crippen MR) is 79.7 cm³/mol. The smallest absolute Gasteiger partial charge is 0.0837 e. The molecular formula is C14H17Cl2N3. The van der Waals surface area contributed by atoms with Crippen LogP contribution in [-0.2, 0) is 6.54 Å². The van der Waals surface area contributed by atoms with Gasteiger partial charge in [0.15, 0.2) is 0 Å². The lowest BCUT2D eigenvalue weighted by Gasteiger charge is -2.17. The maximum atomic E-state index is 6.36. The summed E-state index contributed by atoms with van der Waals surface area (Å²) < 4.78 is 1.87. The largest absolute Gasteiger partial charge is 0.319 e. The fourth-order valence-corrected chi connectivity index (χ4v) is 2.60. The first-order valence-corrected chi connectivity index (χ1v) is 7.03. The van der Waals surface area contributed by atoms with Crippen LogP contribution in [0, 0.1) is 6.92 Å². The molecule has 1 atom stereocenters. The summed E-state index contributed by atoms with van der Waals surface area (Å²) in [6, 6.07) is 5.39. The minimum absolute atomic E-state index is 0.319. The number of hydrogen-bond acceptors (Lipinski definition) is 2. The zero-order valence-corrected chi connectivity index (χ0v) is 12.5. The highest BCUT2D eigenvalue weighted by Gasteiger charge is 2.20. The molecule has 0 aliphatic carbocycles. The molecule has 2 aromatic rings. The summed E-state index contributed by atoms with van der Waals surface area (Å²) in [4.78, 5) is 0. The number of aromatic nitrogens is 2. The van der Waals surface area contributed by atoms with E-state index in [0.29, 0.717) is 10.0 Å². The van der Waals surface area contributed by atoms with Gasteiger partial charge in [-0.2, -0.15) is 5.10 Å². The van der Waals surface area contributed by atoms with Crippen molar-refractivity contribution in [3.8, 4) is 0 Å². The van der Waals surface area contributed by atoms with Gasteiger partial charge in [-0.25, -0.2) is 0 Å². The van der Waals surface area contributed by atoms with Gasteiger partial charge >= 0.3 is 0 Å². The van der Waals surface area contributed by atoms with Gasteiger partial charge in [0.05, 0.1) is 23.0 Å². The Morgan fingerprint density at radius 2 is 2.11 bits per heavy atom. The van der Waals surface area contributed by atoms with Gasteiger partial charge in [-0.15, -0.1) is 0 Å². The van der Waals surface area contributed by atoms with E-state index in [-0.39, 0.29) is 6.04 Å². The highest BCUT2D eigenvalue weighted by Crippen LogP contribution is 2.30. The van der Waals surface area contributed by atoms with Crippen molar-refractivity contribution in [1.29, 1.82) is 0 Å². The van der Waals surface area contributed by atoms with Crippen molar-refractivity contribution < 1.29 is 0 Å². The van der Waals surface area contributed by atoms with Crippen LogP contribution in [0.4, 0.5) is 0 Å². The number of nitrogens with two attached hydrogens (primary N) is 1. The quantitative estimate of drug-likeness (QED) is 0.928. The van der Waals surface area contributed by atoms with E-state index in [4.69, 9.17) is 28.9 Å². The first-order valence-electron chi connectivity index (χ1n) is 6.27. The second kappa shape index (κ2) is 5.95. The van der Waals surface area contributed by atoms with Gasteiger partial charge in [-0.3, -0.25) is 4.68 Å². The standard InChI is InChI=1S/C14H17Cl2N3/c1-3-6-19-14(12(16)8-18-19)13(17)11-7-10(15)5-4-9(11)2/h4-5,7-8,13H,3,6,17H2,1-2H3. The number of rotatable bonds is 4. The van der Waals surface area contributed by atoms with E-state index in [1.807, 2.05) is 29.8 Å². The summed E-state index contributed by atoms with van der Waals surface area (Å²) in [5, 5.41) is 5.55. The van der Waals surface area contributed by atoms with Gasteiger partial charge in [0.2, 0.25) is 0 Å². The molecular weight excluding hydrogens is 281 g/mol. The van der Waals surface area contributed by atoms with Crippen molar-refractivity contribution in [2.75, 3.05) is 0 Å².